The molecule has 1 aromatic carbocycles. The summed E-state index contributed by atoms with van der Waals surface area (Å²) in [4.78, 5) is 22.8. The summed E-state index contributed by atoms with van der Waals surface area (Å²) in [5.41, 5.74) is 4.34. The molecule has 1 aromatic rings. The van der Waals surface area contributed by atoms with E-state index >= 15 is 0 Å². The minimum Gasteiger partial charge on any atom is -0.337 e. The number of hydrogen-bond donors (Lipinski definition) is 4. The Hall–Kier alpha value is -1.65. The Morgan fingerprint density at radius 2 is 1.95 bits per heavy atom. The molecule has 0 aliphatic heterocycles. The number of nitrogens with two attached hydrogens (primary N) is 1. The lowest BCUT2D eigenvalue weighted by molar-refractivity contribution is 0.0936. The second-order valence-corrected chi connectivity index (χ2v) is 6.41. The monoisotopic (exact) mass is 378 g/mol. The van der Waals surface area contributed by atoms with Crippen LogP contribution in [0.3, 0.4) is 0 Å². The lowest BCUT2D eigenvalue weighted by Gasteiger charge is -2.09. The van der Waals surface area contributed by atoms with E-state index in [1.54, 1.807) is 0 Å². The van der Waals surface area contributed by atoms with Crippen LogP contribution in [-0.2, 0) is 10.0 Å². The molecule has 0 spiro atoms. The summed E-state index contributed by atoms with van der Waals surface area (Å²) < 4.78 is 22.9. The van der Waals surface area contributed by atoms with E-state index in [0.29, 0.717) is 6.54 Å². The van der Waals surface area contributed by atoms with Crippen LogP contribution in [0.2, 0.25) is 0 Å². The first kappa shape index (κ1) is 17.4. The van der Waals surface area contributed by atoms with Gasteiger partial charge in [0, 0.05) is 16.6 Å². The average Bonchev–Trinajstić information content (AvgIpc) is 2.41. The summed E-state index contributed by atoms with van der Waals surface area (Å²) in [6, 6.07) is 3.32. The highest BCUT2D eigenvalue weighted by molar-refractivity contribution is 9.10. The van der Waals surface area contributed by atoms with E-state index in [4.69, 9.17) is 5.14 Å². The SMILES string of the molecule is CCCNC(=O)NNC(=O)c1ccc(Br)c(S(N)(=O)=O)c1. The fourth-order valence-corrected chi connectivity index (χ4v) is 2.89. The number of carbonyl (C=O) groups excluding carboxylic acids is 2. The Balaban J connectivity index is 2.78. The number of urea groups is 1. The number of hydrogen-bond acceptors (Lipinski definition) is 4. The van der Waals surface area contributed by atoms with E-state index in [2.05, 4.69) is 32.1 Å². The molecule has 0 bridgehead atoms. The maximum Gasteiger partial charge on any atom is 0.333 e. The molecule has 0 saturated carbocycles. The van der Waals surface area contributed by atoms with Crippen molar-refractivity contribution in [2.45, 2.75) is 18.2 Å². The van der Waals surface area contributed by atoms with Gasteiger partial charge in [0.1, 0.15) is 0 Å². The molecule has 0 aliphatic rings. The number of nitrogens with one attached hydrogen (secondary N) is 3. The number of halogens is 1. The summed E-state index contributed by atoms with van der Waals surface area (Å²) in [5, 5.41) is 7.53. The van der Waals surface area contributed by atoms with Gasteiger partial charge in [0.05, 0.1) is 4.90 Å². The molecule has 0 aromatic heterocycles. The number of rotatable bonds is 4. The maximum atomic E-state index is 11.8. The fourth-order valence-electron chi connectivity index (χ4n) is 1.33. The standard InChI is InChI=1S/C11H15BrN4O4S/c1-2-5-14-11(18)16-15-10(17)7-3-4-8(12)9(6-7)21(13,19)20/h3-4,6H,2,5H2,1H3,(H,15,17)(H2,13,19,20)(H2,14,16,18). The Kier molecular flexibility index (Phi) is 6.12. The molecular formula is C11H15BrN4O4S. The van der Waals surface area contributed by atoms with Gasteiger partial charge in [-0.1, -0.05) is 6.92 Å². The third-order valence-corrected chi connectivity index (χ3v) is 4.23. The van der Waals surface area contributed by atoms with Crippen molar-refractivity contribution < 1.29 is 18.0 Å². The molecule has 0 saturated heterocycles. The van der Waals surface area contributed by atoms with Crippen molar-refractivity contribution in [2.75, 3.05) is 6.54 Å². The first-order valence-corrected chi connectivity index (χ1v) is 8.26. The minimum absolute atomic E-state index is 0.0398. The van der Waals surface area contributed by atoms with Gasteiger partial charge in [-0.15, -0.1) is 0 Å². The van der Waals surface area contributed by atoms with Crippen molar-refractivity contribution >= 4 is 37.9 Å². The Morgan fingerprint density at radius 1 is 1.29 bits per heavy atom. The van der Waals surface area contributed by atoms with Crippen LogP contribution in [0.5, 0.6) is 0 Å². The summed E-state index contributed by atoms with van der Waals surface area (Å²) in [6.07, 6.45) is 0.756. The van der Waals surface area contributed by atoms with Gasteiger partial charge in [-0.25, -0.2) is 23.8 Å². The van der Waals surface area contributed by atoms with Gasteiger partial charge in [-0.05, 0) is 40.5 Å². The highest BCUT2D eigenvalue weighted by atomic mass is 79.9. The van der Waals surface area contributed by atoms with Gasteiger partial charge in [0.25, 0.3) is 5.91 Å². The molecule has 5 N–H and O–H groups in total. The molecule has 1 rings (SSSR count). The van der Waals surface area contributed by atoms with Gasteiger partial charge >= 0.3 is 6.03 Å². The van der Waals surface area contributed by atoms with Crippen molar-refractivity contribution in [3.63, 3.8) is 0 Å². The number of primary sulfonamides is 1. The smallest absolute Gasteiger partial charge is 0.333 e. The lowest BCUT2D eigenvalue weighted by Crippen LogP contribution is -2.47. The molecule has 0 heterocycles. The zero-order valence-electron chi connectivity index (χ0n) is 11.1. The van der Waals surface area contributed by atoms with Gasteiger partial charge in [0.2, 0.25) is 10.0 Å². The van der Waals surface area contributed by atoms with Crippen molar-refractivity contribution in [1.29, 1.82) is 0 Å². The maximum absolute atomic E-state index is 11.8. The number of amides is 3. The summed E-state index contributed by atoms with van der Waals surface area (Å²) in [7, 11) is -3.96. The van der Waals surface area contributed by atoms with E-state index in [1.165, 1.54) is 12.1 Å². The lowest BCUT2D eigenvalue weighted by atomic mass is 10.2. The molecule has 3 amide bonds. The van der Waals surface area contributed by atoms with E-state index in [0.717, 1.165) is 12.5 Å². The number of carbonyl (C=O) groups is 2. The van der Waals surface area contributed by atoms with E-state index in [1.807, 2.05) is 6.92 Å². The Bertz CT molecular complexity index is 648. The van der Waals surface area contributed by atoms with Crippen molar-refractivity contribution in [1.82, 2.24) is 16.2 Å². The molecule has 0 radical (unpaired) electrons. The number of benzene rings is 1. The molecular weight excluding hydrogens is 364 g/mol. The highest BCUT2D eigenvalue weighted by Crippen LogP contribution is 2.21. The average molecular weight is 379 g/mol. The van der Waals surface area contributed by atoms with Crippen LogP contribution in [0, 0.1) is 0 Å². The molecule has 116 valence electrons. The van der Waals surface area contributed by atoms with Crippen molar-refractivity contribution in [2.24, 2.45) is 5.14 Å². The molecule has 0 aliphatic carbocycles. The predicted molar refractivity (Wildman–Crippen MR) is 79.8 cm³/mol. The third-order valence-electron chi connectivity index (χ3n) is 2.33. The summed E-state index contributed by atoms with van der Waals surface area (Å²) in [6.45, 7) is 2.35. The van der Waals surface area contributed by atoms with Crippen molar-refractivity contribution in [3.8, 4) is 0 Å². The number of sulfonamides is 1. The fraction of sp³-hybridized carbons (Fsp3) is 0.273. The zero-order chi connectivity index (χ0) is 16.0. The zero-order valence-corrected chi connectivity index (χ0v) is 13.5. The Morgan fingerprint density at radius 3 is 2.52 bits per heavy atom. The number of hydrazine groups is 1. The first-order valence-electron chi connectivity index (χ1n) is 5.92. The van der Waals surface area contributed by atoms with Crippen LogP contribution in [0.15, 0.2) is 27.6 Å². The summed E-state index contributed by atoms with van der Waals surface area (Å²) in [5.74, 6) is -0.668. The summed E-state index contributed by atoms with van der Waals surface area (Å²) >= 11 is 3.04. The molecule has 0 fully saturated rings. The highest BCUT2D eigenvalue weighted by Gasteiger charge is 2.16. The predicted octanol–water partition coefficient (Wildman–Crippen LogP) is 0.450. The van der Waals surface area contributed by atoms with E-state index in [9.17, 15) is 18.0 Å². The second-order valence-electron chi connectivity index (χ2n) is 4.03. The van der Waals surface area contributed by atoms with Crippen LogP contribution < -0.4 is 21.3 Å². The van der Waals surface area contributed by atoms with Crippen LogP contribution >= 0.6 is 15.9 Å². The van der Waals surface area contributed by atoms with Crippen LogP contribution in [0.1, 0.15) is 23.7 Å². The topological polar surface area (TPSA) is 130 Å². The molecule has 10 heteroatoms. The van der Waals surface area contributed by atoms with Crippen molar-refractivity contribution in [3.05, 3.63) is 28.2 Å². The minimum atomic E-state index is -3.96. The molecule has 0 unspecified atom stereocenters. The van der Waals surface area contributed by atoms with Gasteiger partial charge in [0.15, 0.2) is 0 Å². The normalized spacial score (nSPS) is 10.8. The first-order chi connectivity index (χ1) is 9.75. The van der Waals surface area contributed by atoms with Crippen LogP contribution in [0.25, 0.3) is 0 Å². The van der Waals surface area contributed by atoms with Gasteiger partial charge < -0.3 is 5.32 Å². The van der Waals surface area contributed by atoms with Gasteiger partial charge in [-0.3, -0.25) is 10.2 Å². The quantitative estimate of drug-likeness (QED) is 0.566. The largest absolute Gasteiger partial charge is 0.337 e. The Labute approximate surface area is 130 Å². The van der Waals surface area contributed by atoms with E-state index < -0.39 is 22.0 Å². The van der Waals surface area contributed by atoms with Crippen LogP contribution in [0.4, 0.5) is 4.79 Å². The third kappa shape index (κ3) is 5.33. The molecule has 21 heavy (non-hydrogen) atoms. The van der Waals surface area contributed by atoms with Crippen LogP contribution in [-0.4, -0.2) is 26.9 Å². The molecule has 8 nitrogen and oxygen atoms in total. The second kappa shape index (κ2) is 7.38. The van der Waals surface area contributed by atoms with E-state index in [-0.39, 0.29) is 14.9 Å². The van der Waals surface area contributed by atoms with Gasteiger partial charge in [-0.2, -0.15) is 0 Å². The molecule has 0 atom stereocenters.